The van der Waals surface area contributed by atoms with Crippen molar-refractivity contribution in [1.82, 2.24) is 4.90 Å². The van der Waals surface area contributed by atoms with E-state index in [1.54, 1.807) is 29.2 Å². The zero-order valence-electron chi connectivity index (χ0n) is 13.2. The number of anilines is 1. The van der Waals surface area contributed by atoms with Crippen molar-refractivity contribution >= 4 is 23.5 Å². The van der Waals surface area contributed by atoms with Crippen molar-refractivity contribution in [3.8, 4) is 5.75 Å². The lowest BCUT2D eigenvalue weighted by Crippen LogP contribution is -2.42. The van der Waals surface area contributed by atoms with Gasteiger partial charge in [-0.25, -0.2) is 4.79 Å². The third-order valence-electron chi connectivity index (χ3n) is 3.92. The summed E-state index contributed by atoms with van der Waals surface area (Å²) in [5.41, 5.74) is 0.808. The van der Waals surface area contributed by atoms with Crippen LogP contribution in [-0.2, 0) is 14.4 Å². The Labute approximate surface area is 134 Å². The minimum atomic E-state index is -1.07. The van der Waals surface area contributed by atoms with Gasteiger partial charge in [0.1, 0.15) is 11.8 Å². The normalized spacial score (nSPS) is 15.4. The van der Waals surface area contributed by atoms with E-state index in [0.717, 1.165) is 23.6 Å². The summed E-state index contributed by atoms with van der Waals surface area (Å²) in [5, 5.41) is 8.88. The van der Waals surface area contributed by atoms with Crippen LogP contribution in [0, 0.1) is 0 Å². The molecule has 1 aromatic carbocycles. The molecule has 0 bridgehead atoms. The van der Waals surface area contributed by atoms with E-state index in [1.807, 2.05) is 0 Å². The standard InChI is InChI=1S/C16H20N2O5/c1-11(16(21)22)17(2)15(20)10-23-13-7-5-12(6-8-13)18-9-3-4-14(18)19/h5-8,11H,3-4,9-10H2,1-2H3,(H,21,22). The second-order valence-electron chi connectivity index (χ2n) is 5.45. The van der Waals surface area contributed by atoms with Crippen molar-refractivity contribution < 1.29 is 24.2 Å². The van der Waals surface area contributed by atoms with Gasteiger partial charge in [0.15, 0.2) is 6.61 Å². The number of likely N-dealkylation sites (N-methyl/N-ethyl adjacent to an activating group) is 1. The van der Waals surface area contributed by atoms with Gasteiger partial charge in [-0.15, -0.1) is 0 Å². The first kappa shape index (κ1) is 16.8. The van der Waals surface area contributed by atoms with E-state index in [0.29, 0.717) is 12.2 Å². The Morgan fingerprint density at radius 3 is 2.52 bits per heavy atom. The molecule has 7 heteroatoms. The molecule has 2 amide bonds. The number of carboxylic acids is 1. The number of carbonyl (C=O) groups excluding carboxylic acids is 2. The summed E-state index contributed by atoms with van der Waals surface area (Å²) in [5.74, 6) is -0.887. The van der Waals surface area contributed by atoms with Crippen LogP contribution in [-0.4, -0.2) is 54.0 Å². The predicted octanol–water partition coefficient (Wildman–Crippen LogP) is 1.12. The predicted molar refractivity (Wildman–Crippen MR) is 83.4 cm³/mol. The molecule has 1 fully saturated rings. The quantitative estimate of drug-likeness (QED) is 0.849. The second-order valence-corrected chi connectivity index (χ2v) is 5.45. The Hall–Kier alpha value is -2.57. The van der Waals surface area contributed by atoms with Gasteiger partial charge in [-0.2, -0.15) is 0 Å². The molecule has 0 radical (unpaired) electrons. The highest BCUT2D eigenvalue weighted by atomic mass is 16.5. The molecule has 1 N–H and O–H groups in total. The van der Waals surface area contributed by atoms with Crippen molar-refractivity contribution in [2.45, 2.75) is 25.8 Å². The van der Waals surface area contributed by atoms with Crippen LogP contribution in [0.1, 0.15) is 19.8 Å². The zero-order chi connectivity index (χ0) is 17.0. The van der Waals surface area contributed by atoms with Gasteiger partial charge < -0.3 is 19.6 Å². The van der Waals surface area contributed by atoms with Crippen LogP contribution < -0.4 is 9.64 Å². The zero-order valence-corrected chi connectivity index (χ0v) is 13.2. The number of amides is 2. The molecule has 1 unspecified atom stereocenters. The van der Waals surface area contributed by atoms with Crippen LogP contribution >= 0.6 is 0 Å². The lowest BCUT2D eigenvalue weighted by molar-refractivity contribution is -0.148. The van der Waals surface area contributed by atoms with Crippen molar-refractivity contribution in [1.29, 1.82) is 0 Å². The number of carbonyl (C=O) groups is 3. The highest BCUT2D eigenvalue weighted by Gasteiger charge is 2.23. The molecule has 0 aliphatic carbocycles. The summed E-state index contributed by atoms with van der Waals surface area (Å²) in [6, 6.07) is 6.01. The fourth-order valence-corrected chi connectivity index (χ4v) is 2.27. The maximum Gasteiger partial charge on any atom is 0.326 e. The van der Waals surface area contributed by atoms with Crippen LogP contribution in [0.15, 0.2) is 24.3 Å². The number of nitrogens with zero attached hydrogens (tertiary/aromatic N) is 2. The van der Waals surface area contributed by atoms with Crippen molar-refractivity contribution in [3.05, 3.63) is 24.3 Å². The molecule has 1 atom stereocenters. The number of hydrogen-bond donors (Lipinski definition) is 1. The lowest BCUT2D eigenvalue weighted by atomic mass is 10.3. The minimum Gasteiger partial charge on any atom is -0.484 e. The van der Waals surface area contributed by atoms with E-state index in [4.69, 9.17) is 9.84 Å². The van der Waals surface area contributed by atoms with E-state index < -0.39 is 17.9 Å². The van der Waals surface area contributed by atoms with Gasteiger partial charge in [0.2, 0.25) is 5.91 Å². The van der Waals surface area contributed by atoms with E-state index in [2.05, 4.69) is 0 Å². The molecule has 0 saturated carbocycles. The molecular formula is C16H20N2O5. The van der Waals surface area contributed by atoms with E-state index >= 15 is 0 Å². The maximum absolute atomic E-state index is 11.9. The molecule has 0 aromatic heterocycles. The van der Waals surface area contributed by atoms with Gasteiger partial charge >= 0.3 is 5.97 Å². The average molecular weight is 320 g/mol. The molecule has 124 valence electrons. The molecule has 1 saturated heterocycles. The summed E-state index contributed by atoms with van der Waals surface area (Å²) in [7, 11) is 1.42. The molecule has 1 aliphatic heterocycles. The summed E-state index contributed by atoms with van der Waals surface area (Å²) in [4.78, 5) is 37.2. The number of hydrogen-bond acceptors (Lipinski definition) is 4. The van der Waals surface area contributed by atoms with Crippen molar-refractivity contribution in [2.75, 3.05) is 25.1 Å². The number of benzene rings is 1. The van der Waals surface area contributed by atoms with Crippen molar-refractivity contribution in [2.24, 2.45) is 0 Å². The SMILES string of the molecule is CC(C(=O)O)N(C)C(=O)COc1ccc(N2CCCC2=O)cc1. The molecule has 0 spiro atoms. The number of aliphatic carboxylic acids is 1. The summed E-state index contributed by atoms with van der Waals surface area (Å²) in [6.45, 7) is 1.91. The van der Waals surface area contributed by atoms with Crippen LogP contribution in [0.4, 0.5) is 5.69 Å². The smallest absolute Gasteiger partial charge is 0.326 e. The lowest BCUT2D eigenvalue weighted by Gasteiger charge is -2.21. The number of carboxylic acid groups (broad SMARTS) is 1. The minimum absolute atomic E-state index is 0.109. The largest absolute Gasteiger partial charge is 0.484 e. The molecule has 1 aliphatic rings. The topological polar surface area (TPSA) is 87.2 Å². The Morgan fingerprint density at radius 1 is 1.35 bits per heavy atom. The molecular weight excluding hydrogens is 300 g/mol. The van der Waals surface area contributed by atoms with Gasteiger partial charge in [-0.1, -0.05) is 0 Å². The molecule has 7 nitrogen and oxygen atoms in total. The summed E-state index contributed by atoms with van der Waals surface area (Å²) in [6.07, 6.45) is 1.43. The third kappa shape index (κ3) is 4.00. The summed E-state index contributed by atoms with van der Waals surface area (Å²) < 4.78 is 5.38. The molecule has 1 aromatic rings. The molecule has 1 heterocycles. The van der Waals surface area contributed by atoms with E-state index in [9.17, 15) is 14.4 Å². The van der Waals surface area contributed by atoms with Gasteiger partial charge in [-0.05, 0) is 37.6 Å². The Morgan fingerprint density at radius 2 is 2.00 bits per heavy atom. The Kier molecular flexibility index (Phi) is 5.20. The van der Waals surface area contributed by atoms with Crippen LogP contribution in [0.5, 0.6) is 5.75 Å². The monoisotopic (exact) mass is 320 g/mol. The Bertz CT molecular complexity index is 599. The first-order valence-electron chi connectivity index (χ1n) is 7.42. The van der Waals surface area contributed by atoms with Gasteiger partial charge in [0, 0.05) is 25.7 Å². The van der Waals surface area contributed by atoms with Crippen molar-refractivity contribution in [3.63, 3.8) is 0 Å². The fraction of sp³-hybridized carbons (Fsp3) is 0.438. The molecule has 2 rings (SSSR count). The van der Waals surface area contributed by atoms with E-state index in [1.165, 1.54) is 14.0 Å². The number of ether oxygens (including phenoxy) is 1. The van der Waals surface area contributed by atoms with Crippen LogP contribution in [0.3, 0.4) is 0 Å². The number of rotatable bonds is 6. The highest BCUT2D eigenvalue weighted by Crippen LogP contribution is 2.23. The highest BCUT2D eigenvalue weighted by molar-refractivity contribution is 5.95. The van der Waals surface area contributed by atoms with E-state index in [-0.39, 0.29) is 12.5 Å². The third-order valence-corrected chi connectivity index (χ3v) is 3.92. The first-order chi connectivity index (χ1) is 10.9. The summed E-state index contributed by atoms with van der Waals surface area (Å²) >= 11 is 0. The first-order valence-corrected chi connectivity index (χ1v) is 7.42. The molecule has 23 heavy (non-hydrogen) atoms. The second kappa shape index (κ2) is 7.13. The van der Waals surface area contributed by atoms with Crippen LogP contribution in [0.2, 0.25) is 0 Å². The fourth-order valence-electron chi connectivity index (χ4n) is 2.27. The van der Waals surface area contributed by atoms with Gasteiger partial charge in [0.05, 0.1) is 0 Å². The van der Waals surface area contributed by atoms with Crippen LogP contribution in [0.25, 0.3) is 0 Å². The van der Waals surface area contributed by atoms with Gasteiger partial charge in [-0.3, -0.25) is 9.59 Å². The Balaban J connectivity index is 1.90. The van der Waals surface area contributed by atoms with Gasteiger partial charge in [0.25, 0.3) is 5.91 Å². The maximum atomic E-state index is 11.9. The average Bonchev–Trinajstić information content (AvgIpc) is 2.97.